The van der Waals surface area contributed by atoms with Gasteiger partial charge in [0.05, 0.1) is 0 Å². The van der Waals surface area contributed by atoms with Gasteiger partial charge in [-0.1, -0.05) is 12.2 Å². The van der Waals surface area contributed by atoms with Crippen LogP contribution >= 0.6 is 0 Å². The van der Waals surface area contributed by atoms with Gasteiger partial charge in [0.1, 0.15) is 5.60 Å². The van der Waals surface area contributed by atoms with Crippen LogP contribution in [0, 0.1) is 0 Å². The summed E-state index contributed by atoms with van der Waals surface area (Å²) in [5.74, 6) is 0. The molecule has 0 radical (unpaired) electrons. The molecule has 1 aliphatic rings. The maximum absolute atomic E-state index is 11.4. The van der Waals surface area contributed by atoms with Gasteiger partial charge in [0, 0.05) is 13.1 Å². The van der Waals surface area contributed by atoms with E-state index in [2.05, 4.69) is 6.58 Å². The van der Waals surface area contributed by atoms with Crippen LogP contribution in [0.15, 0.2) is 12.2 Å². The molecule has 0 spiro atoms. The molecule has 0 aromatic heterocycles. The second kappa shape index (κ2) is 5.34. The van der Waals surface area contributed by atoms with Crippen molar-refractivity contribution in [3.8, 4) is 0 Å². The maximum Gasteiger partial charge on any atom is 0.528 e. The van der Waals surface area contributed by atoms with Crippen LogP contribution in [0.3, 0.4) is 0 Å². The number of carbonyl (C=O) groups excluding carboxylic acids is 1. The summed E-state index contributed by atoms with van der Waals surface area (Å²) in [5.41, 5.74) is 0.710. The van der Waals surface area contributed by atoms with Gasteiger partial charge in [0.25, 0.3) is 0 Å². The van der Waals surface area contributed by atoms with E-state index in [1.165, 1.54) is 5.57 Å². The molecule has 0 bridgehead atoms. The number of ether oxygens (including phenoxy) is 1. The molecule has 0 unspecified atom stereocenters. The van der Waals surface area contributed by atoms with Crippen molar-refractivity contribution < 1.29 is 14.4 Å². The van der Waals surface area contributed by atoms with Crippen molar-refractivity contribution in [1.82, 2.24) is 5.06 Å². The van der Waals surface area contributed by atoms with Crippen LogP contribution in [-0.2, 0) is 9.57 Å². The SMILES string of the molecule is C=C1CCCN(OC(=O)OC(C)(C)C)CC1. The molecule has 1 heterocycles. The summed E-state index contributed by atoms with van der Waals surface area (Å²) in [6.07, 6.45) is 2.23. The Bertz CT molecular complexity index is 268. The molecule has 1 aliphatic heterocycles. The van der Waals surface area contributed by atoms with E-state index in [-0.39, 0.29) is 0 Å². The zero-order valence-electron chi connectivity index (χ0n) is 10.4. The molecule has 1 saturated heterocycles. The van der Waals surface area contributed by atoms with Crippen molar-refractivity contribution in [1.29, 1.82) is 0 Å². The fourth-order valence-electron chi connectivity index (χ4n) is 1.49. The zero-order valence-corrected chi connectivity index (χ0v) is 10.4. The topological polar surface area (TPSA) is 38.8 Å². The Morgan fingerprint density at radius 2 is 2.00 bits per heavy atom. The second-order valence-electron chi connectivity index (χ2n) is 5.09. The van der Waals surface area contributed by atoms with Crippen LogP contribution < -0.4 is 0 Å². The Hall–Kier alpha value is -1.03. The average molecular weight is 227 g/mol. The molecule has 0 aromatic rings. The second-order valence-corrected chi connectivity index (χ2v) is 5.09. The summed E-state index contributed by atoms with van der Waals surface area (Å²) >= 11 is 0. The Kier molecular flexibility index (Phi) is 4.35. The molecule has 0 N–H and O–H groups in total. The summed E-state index contributed by atoms with van der Waals surface area (Å²) in [6.45, 7) is 10.9. The molecule has 4 heteroatoms. The molecular formula is C12H21NO3. The Morgan fingerprint density at radius 1 is 1.31 bits per heavy atom. The third-order valence-corrected chi connectivity index (χ3v) is 2.25. The summed E-state index contributed by atoms with van der Waals surface area (Å²) in [6, 6.07) is 0. The first-order valence-electron chi connectivity index (χ1n) is 5.69. The van der Waals surface area contributed by atoms with Gasteiger partial charge in [-0.25, -0.2) is 4.79 Å². The zero-order chi connectivity index (χ0) is 12.2. The lowest BCUT2D eigenvalue weighted by atomic mass is 10.1. The number of nitrogens with zero attached hydrogens (tertiary/aromatic N) is 1. The molecule has 16 heavy (non-hydrogen) atoms. The van der Waals surface area contributed by atoms with Crippen LogP contribution in [0.1, 0.15) is 40.0 Å². The highest BCUT2D eigenvalue weighted by Crippen LogP contribution is 2.16. The number of hydroxylamine groups is 2. The van der Waals surface area contributed by atoms with Crippen molar-refractivity contribution in [3.63, 3.8) is 0 Å². The van der Waals surface area contributed by atoms with Gasteiger partial charge in [0.2, 0.25) is 0 Å². The largest absolute Gasteiger partial charge is 0.528 e. The van der Waals surface area contributed by atoms with E-state index < -0.39 is 11.8 Å². The van der Waals surface area contributed by atoms with Gasteiger partial charge < -0.3 is 9.57 Å². The van der Waals surface area contributed by atoms with E-state index in [0.29, 0.717) is 6.54 Å². The highest BCUT2D eigenvalue weighted by atomic mass is 16.8. The van der Waals surface area contributed by atoms with Crippen LogP contribution in [0.25, 0.3) is 0 Å². The van der Waals surface area contributed by atoms with Crippen molar-refractivity contribution in [3.05, 3.63) is 12.2 Å². The Labute approximate surface area is 97.2 Å². The minimum atomic E-state index is -0.625. The van der Waals surface area contributed by atoms with Crippen LogP contribution in [-0.4, -0.2) is 29.9 Å². The van der Waals surface area contributed by atoms with E-state index in [9.17, 15) is 4.79 Å². The van der Waals surface area contributed by atoms with E-state index in [4.69, 9.17) is 9.57 Å². The monoisotopic (exact) mass is 227 g/mol. The van der Waals surface area contributed by atoms with Crippen LogP contribution in [0.5, 0.6) is 0 Å². The van der Waals surface area contributed by atoms with Crippen LogP contribution in [0.4, 0.5) is 4.79 Å². The fourth-order valence-corrected chi connectivity index (χ4v) is 1.49. The highest BCUT2D eigenvalue weighted by molar-refractivity contribution is 5.60. The minimum absolute atomic E-state index is 0.507. The Balaban J connectivity index is 2.36. The van der Waals surface area contributed by atoms with Gasteiger partial charge >= 0.3 is 6.16 Å². The first kappa shape index (κ1) is 13.0. The first-order valence-corrected chi connectivity index (χ1v) is 5.69. The lowest BCUT2D eigenvalue weighted by Crippen LogP contribution is -2.32. The van der Waals surface area contributed by atoms with Gasteiger partial charge in [-0.15, -0.1) is 5.06 Å². The number of carbonyl (C=O) groups is 1. The quantitative estimate of drug-likeness (QED) is 0.510. The fraction of sp³-hybridized carbons (Fsp3) is 0.750. The normalized spacial score (nSPS) is 19.1. The number of hydrogen-bond acceptors (Lipinski definition) is 4. The molecule has 0 amide bonds. The van der Waals surface area contributed by atoms with E-state index in [0.717, 1.165) is 25.8 Å². The molecular weight excluding hydrogens is 206 g/mol. The smallest absolute Gasteiger partial charge is 0.427 e. The molecule has 0 atom stereocenters. The third kappa shape index (κ3) is 5.16. The van der Waals surface area contributed by atoms with E-state index in [1.807, 2.05) is 20.8 Å². The lowest BCUT2D eigenvalue weighted by Gasteiger charge is -2.23. The minimum Gasteiger partial charge on any atom is -0.427 e. The van der Waals surface area contributed by atoms with Crippen LogP contribution in [0.2, 0.25) is 0 Å². The van der Waals surface area contributed by atoms with E-state index in [1.54, 1.807) is 5.06 Å². The summed E-state index contributed by atoms with van der Waals surface area (Å²) in [7, 11) is 0. The molecule has 0 aromatic carbocycles. The number of rotatable bonds is 1. The molecule has 1 fully saturated rings. The molecule has 0 aliphatic carbocycles. The van der Waals surface area contributed by atoms with Crippen molar-refractivity contribution >= 4 is 6.16 Å². The van der Waals surface area contributed by atoms with Crippen molar-refractivity contribution in [2.75, 3.05) is 13.1 Å². The standard InChI is InChI=1S/C12H21NO3/c1-10-6-5-8-13(9-7-10)16-11(14)15-12(2,3)4/h1,5-9H2,2-4H3. The average Bonchev–Trinajstić information content (AvgIpc) is 2.27. The van der Waals surface area contributed by atoms with Crippen molar-refractivity contribution in [2.24, 2.45) is 0 Å². The summed E-state index contributed by atoms with van der Waals surface area (Å²) < 4.78 is 5.08. The van der Waals surface area contributed by atoms with Gasteiger partial charge in [-0.05, 0) is 40.0 Å². The van der Waals surface area contributed by atoms with Gasteiger partial charge in [0.15, 0.2) is 0 Å². The molecule has 4 nitrogen and oxygen atoms in total. The predicted octanol–water partition coefficient (Wildman–Crippen LogP) is 2.90. The van der Waals surface area contributed by atoms with Gasteiger partial charge in [-0.3, -0.25) is 0 Å². The molecule has 92 valence electrons. The first-order chi connectivity index (χ1) is 7.37. The van der Waals surface area contributed by atoms with Gasteiger partial charge in [-0.2, -0.15) is 0 Å². The Morgan fingerprint density at radius 3 is 2.62 bits per heavy atom. The van der Waals surface area contributed by atoms with E-state index >= 15 is 0 Å². The predicted molar refractivity (Wildman–Crippen MR) is 61.9 cm³/mol. The van der Waals surface area contributed by atoms with Crippen molar-refractivity contribution in [2.45, 2.75) is 45.6 Å². The molecule has 0 saturated carbocycles. The highest BCUT2D eigenvalue weighted by Gasteiger charge is 2.21. The summed E-state index contributed by atoms with van der Waals surface area (Å²) in [5, 5.41) is 1.66. The number of hydrogen-bond donors (Lipinski definition) is 0. The lowest BCUT2D eigenvalue weighted by molar-refractivity contribution is -0.140. The summed E-state index contributed by atoms with van der Waals surface area (Å²) in [4.78, 5) is 16.5. The molecule has 1 rings (SSSR count). The maximum atomic E-state index is 11.4. The third-order valence-electron chi connectivity index (χ3n) is 2.25.